The van der Waals surface area contributed by atoms with Crippen LogP contribution in [0.3, 0.4) is 0 Å². The van der Waals surface area contributed by atoms with Crippen molar-refractivity contribution in [3.8, 4) is 5.75 Å². The molecule has 14 heteroatoms. The van der Waals surface area contributed by atoms with Gasteiger partial charge in [-0.05, 0) is 60.7 Å². The molecule has 0 spiro atoms. The summed E-state index contributed by atoms with van der Waals surface area (Å²) in [7, 11) is 1.49. The Morgan fingerprint density at radius 3 is 2.31 bits per heavy atom. The number of pyridine rings is 1. The molecular formula is C28H20F5N5O4. The Balaban J connectivity index is 1.43. The summed E-state index contributed by atoms with van der Waals surface area (Å²) in [6.45, 7) is 0. The Labute approximate surface area is 234 Å². The van der Waals surface area contributed by atoms with Gasteiger partial charge >= 0.3 is 12.2 Å². The molecule has 1 aliphatic heterocycles. The van der Waals surface area contributed by atoms with Crippen molar-refractivity contribution in [3.63, 3.8) is 0 Å². The molecule has 0 saturated carbocycles. The van der Waals surface area contributed by atoms with Crippen molar-refractivity contribution in [1.82, 2.24) is 10.3 Å². The first kappa shape index (κ1) is 29.6. The van der Waals surface area contributed by atoms with E-state index in [2.05, 4.69) is 25.9 Å². The van der Waals surface area contributed by atoms with Crippen molar-refractivity contribution in [1.29, 1.82) is 0 Å². The van der Waals surface area contributed by atoms with Crippen LogP contribution in [-0.4, -0.2) is 35.5 Å². The van der Waals surface area contributed by atoms with Gasteiger partial charge in [-0.3, -0.25) is 14.6 Å². The van der Waals surface area contributed by atoms with E-state index < -0.39 is 46.4 Å². The van der Waals surface area contributed by atoms with Crippen molar-refractivity contribution >= 4 is 34.8 Å². The van der Waals surface area contributed by atoms with Crippen molar-refractivity contribution in [2.24, 2.45) is 4.99 Å². The lowest BCUT2D eigenvalue weighted by molar-refractivity contribution is -0.137. The van der Waals surface area contributed by atoms with Gasteiger partial charge in [-0.15, -0.1) is 0 Å². The first-order chi connectivity index (χ1) is 20.0. The van der Waals surface area contributed by atoms with Crippen LogP contribution in [0.2, 0.25) is 0 Å². The summed E-state index contributed by atoms with van der Waals surface area (Å²) in [4.78, 5) is 43.9. The number of amides is 3. The van der Waals surface area contributed by atoms with Gasteiger partial charge < -0.3 is 20.7 Å². The number of nitrogens with one attached hydrogen (secondary N) is 3. The topological polar surface area (TPSA) is 122 Å². The van der Waals surface area contributed by atoms with Crippen LogP contribution in [0, 0.1) is 11.8 Å². The number of aliphatic imine (C=N–C) groups is 1. The van der Waals surface area contributed by atoms with Crippen LogP contribution < -0.4 is 20.7 Å². The zero-order valence-corrected chi connectivity index (χ0v) is 21.6. The molecule has 0 aliphatic carbocycles. The fourth-order valence-electron chi connectivity index (χ4n) is 3.73. The van der Waals surface area contributed by atoms with E-state index in [-0.39, 0.29) is 23.7 Å². The molecule has 216 valence electrons. The average molecular weight is 585 g/mol. The van der Waals surface area contributed by atoms with Gasteiger partial charge in [-0.1, -0.05) is 0 Å². The molecule has 0 saturated heterocycles. The molecular weight excluding hydrogens is 565 g/mol. The number of aromatic nitrogens is 1. The van der Waals surface area contributed by atoms with Gasteiger partial charge in [0.1, 0.15) is 28.6 Å². The lowest BCUT2D eigenvalue weighted by atomic mass is 9.97. The molecule has 2 aromatic carbocycles. The highest BCUT2D eigenvalue weighted by molar-refractivity contribution is 6.39. The number of allylic oxidation sites excluding steroid dienone is 2. The van der Waals surface area contributed by atoms with E-state index in [1.54, 1.807) is 12.2 Å². The second kappa shape index (κ2) is 12.4. The standard InChI is InChI=1S/C28H20F5N5O4/c1-34-26(40)22-9-7-18(10-12-35-22)42-17-5-2-15(3-6-17)37-27(41)38-16-4-8-19(20(14-16)28(31,32)33)24(39)23-21(29)11-13-36-25(23)30/h2-8,10-14H,9H2,1H3,(H,34,40)(H2,37,38,41). The van der Waals surface area contributed by atoms with Crippen molar-refractivity contribution in [2.75, 3.05) is 17.7 Å². The van der Waals surface area contributed by atoms with E-state index >= 15 is 0 Å². The zero-order chi connectivity index (χ0) is 30.4. The second-order valence-corrected chi connectivity index (χ2v) is 8.53. The monoisotopic (exact) mass is 585 g/mol. The fourth-order valence-corrected chi connectivity index (χ4v) is 3.73. The minimum absolute atomic E-state index is 0.240. The van der Waals surface area contributed by atoms with Crippen LogP contribution in [0.4, 0.5) is 38.1 Å². The summed E-state index contributed by atoms with van der Waals surface area (Å²) in [5.74, 6) is -3.99. The number of anilines is 2. The molecule has 3 aromatic rings. The van der Waals surface area contributed by atoms with Gasteiger partial charge in [0, 0.05) is 42.8 Å². The lowest BCUT2D eigenvalue weighted by Gasteiger charge is -2.15. The van der Waals surface area contributed by atoms with Crippen LogP contribution in [0.25, 0.3) is 0 Å². The van der Waals surface area contributed by atoms with E-state index in [0.29, 0.717) is 35.4 Å². The Bertz CT molecular complexity index is 1610. The molecule has 42 heavy (non-hydrogen) atoms. The van der Waals surface area contributed by atoms with Gasteiger partial charge in [-0.2, -0.15) is 17.6 Å². The SMILES string of the molecule is CNC(=O)C1=NC=CC(Oc2ccc(NC(=O)Nc3ccc(C(=O)c4c(F)ccnc4F)c(C(F)(F)F)c3)cc2)=CC1. The number of alkyl halides is 3. The highest BCUT2D eigenvalue weighted by Gasteiger charge is 2.37. The summed E-state index contributed by atoms with van der Waals surface area (Å²) in [6, 6.07) is 7.90. The van der Waals surface area contributed by atoms with E-state index in [9.17, 15) is 36.3 Å². The molecule has 0 radical (unpaired) electrons. The molecule has 1 aliphatic rings. The number of hydrogen-bond donors (Lipinski definition) is 3. The molecule has 3 N–H and O–H groups in total. The van der Waals surface area contributed by atoms with Crippen molar-refractivity contribution in [2.45, 2.75) is 12.6 Å². The normalized spacial score (nSPS) is 12.9. The summed E-state index contributed by atoms with van der Waals surface area (Å²) in [5.41, 5.74) is -3.54. The number of urea groups is 1. The Hall–Kier alpha value is -5.40. The van der Waals surface area contributed by atoms with E-state index in [1.807, 2.05) is 0 Å². The third kappa shape index (κ3) is 7.02. The number of carbonyl (C=O) groups is 3. The molecule has 0 atom stereocenters. The number of ketones is 1. The minimum atomic E-state index is -5.09. The van der Waals surface area contributed by atoms with E-state index in [4.69, 9.17) is 4.74 Å². The Morgan fingerprint density at radius 2 is 1.64 bits per heavy atom. The highest BCUT2D eigenvalue weighted by Crippen LogP contribution is 2.35. The molecule has 4 rings (SSSR count). The van der Waals surface area contributed by atoms with Gasteiger partial charge in [0.2, 0.25) is 11.7 Å². The Kier molecular flexibility index (Phi) is 8.74. The van der Waals surface area contributed by atoms with Gasteiger partial charge in [0.05, 0.1) is 5.56 Å². The molecule has 0 fully saturated rings. The smallest absolute Gasteiger partial charge is 0.417 e. The van der Waals surface area contributed by atoms with Gasteiger partial charge in [-0.25, -0.2) is 14.2 Å². The van der Waals surface area contributed by atoms with Crippen LogP contribution in [0.15, 0.2) is 83.8 Å². The highest BCUT2D eigenvalue weighted by atomic mass is 19.4. The molecule has 2 heterocycles. The van der Waals surface area contributed by atoms with Crippen LogP contribution in [0.5, 0.6) is 5.75 Å². The van der Waals surface area contributed by atoms with Gasteiger partial charge in [0.25, 0.3) is 5.91 Å². The predicted molar refractivity (Wildman–Crippen MR) is 142 cm³/mol. The molecule has 0 unspecified atom stereocenters. The van der Waals surface area contributed by atoms with Crippen LogP contribution >= 0.6 is 0 Å². The first-order valence-electron chi connectivity index (χ1n) is 12.0. The molecule has 3 amide bonds. The van der Waals surface area contributed by atoms with Crippen molar-refractivity contribution in [3.05, 3.63) is 107 Å². The molecule has 0 bridgehead atoms. The maximum atomic E-state index is 14.0. The first-order valence-corrected chi connectivity index (χ1v) is 12.0. The third-order valence-electron chi connectivity index (χ3n) is 5.71. The average Bonchev–Trinajstić information content (AvgIpc) is 3.18. The quantitative estimate of drug-likeness (QED) is 0.189. The van der Waals surface area contributed by atoms with E-state index in [0.717, 1.165) is 12.3 Å². The molecule has 9 nitrogen and oxygen atoms in total. The second-order valence-electron chi connectivity index (χ2n) is 8.53. The summed E-state index contributed by atoms with van der Waals surface area (Å²) < 4.78 is 75.0. The predicted octanol–water partition coefficient (Wildman–Crippen LogP) is 5.62. The van der Waals surface area contributed by atoms with Crippen molar-refractivity contribution < 1.29 is 41.1 Å². The van der Waals surface area contributed by atoms with Crippen LogP contribution in [-0.2, 0) is 11.0 Å². The number of halogens is 5. The maximum Gasteiger partial charge on any atom is 0.417 e. The number of hydrogen-bond acceptors (Lipinski definition) is 6. The Morgan fingerprint density at radius 1 is 0.952 bits per heavy atom. The number of carbonyl (C=O) groups excluding carboxylic acids is 3. The molecule has 1 aromatic heterocycles. The van der Waals surface area contributed by atoms with E-state index in [1.165, 1.54) is 37.5 Å². The summed E-state index contributed by atoms with van der Waals surface area (Å²) in [5, 5.41) is 7.15. The van der Waals surface area contributed by atoms with Crippen LogP contribution in [0.1, 0.15) is 27.9 Å². The number of ether oxygens (including phenoxy) is 1. The summed E-state index contributed by atoms with van der Waals surface area (Å²) in [6.07, 6.45) is 0.520. The largest absolute Gasteiger partial charge is 0.458 e. The lowest BCUT2D eigenvalue weighted by Crippen LogP contribution is -2.26. The maximum absolute atomic E-state index is 14.0. The summed E-state index contributed by atoms with van der Waals surface area (Å²) >= 11 is 0. The minimum Gasteiger partial charge on any atom is -0.458 e. The zero-order valence-electron chi connectivity index (χ0n) is 21.6. The number of rotatable bonds is 7. The van der Waals surface area contributed by atoms with Gasteiger partial charge in [0.15, 0.2) is 0 Å². The number of benzene rings is 2. The third-order valence-corrected chi connectivity index (χ3v) is 5.71. The number of nitrogens with zero attached hydrogens (tertiary/aromatic N) is 2. The fraction of sp³-hybridized carbons (Fsp3) is 0.107.